The molecule has 0 aliphatic carbocycles. The van der Waals surface area contributed by atoms with Crippen molar-refractivity contribution in [3.05, 3.63) is 0 Å². The van der Waals surface area contributed by atoms with Crippen molar-refractivity contribution >= 4 is 8.97 Å². The van der Waals surface area contributed by atoms with Crippen LogP contribution in [0.3, 0.4) is 0 Å². The molecule has 0 unspecified atom stereocenters. The Morgan fingerprint density at radius 1 is 0.576 bits per heavy atom. The van der Waals surface area contributed by atoms with E-state index < -0.39 is 8.97 Å². The Morgan fingerprint density at radius 2 is 0.909 bits per heavy atom. The van der Waals surface area contributed by atoms with Crippen LogP contribution in [0.2, 0.25) is 0 Å². The second kappa shape index (κ2) is 21.3. The van der Waals surface area contributed by atoms with Gasteiger partial charge < -0.3 is 13.3 Å². The molecule has 5 heteroatoms. The number of hydrogen-bond acceptors (Lipinski definition) is 4. The summed E-state index contributed by atoms with van der Waals surface area (Å²) in [5.74, 6) is 0.494. The van der Waals surface area contributed by atoms with Crippen LogP contribution in [0.15, 0.2) is 0 Å². The van der Waals surface area contributed by atoms with E-state index in [1.807, 2.05) is 13.8 Å². The van der Waals surface area contributed by atoms with Crippen LogP contribution in [-0.2, 0) is 13.3 Å². The molecule has 0 aromatic rings. The van der Waals surface area contributed by atoms with Gasteiger partial charge in [-0.25, -0.2) is 0 Å². The van der Waals surface area contributed by atoms with Gasteiger partial charge in [-0.15, -0.1) is 0 Å². The van der Waals surface area contributed by atoms with Crippen molar-refractivity contribution in [2.75, 3.05) is 13.2 Å². The summed E-state index contributed by atoms with van der Waals surface area (Å²) >= 11 is 0. The highest BCUT2D eigenvalue weighted by Gasteiger charge is 2.45. The van der Waals surface area contributed by atoms with Crippen molar-refractivity contribution in [1.29, 1.82) is 0 Å². The minimum absolute atomic E-state index is 0.326. The molecule has 0 bridgehead atoms. The highest BCUT2D eigenvalue weighted by atomic mass is 28.4. The monoisotopic (exact) mass is 487 g/mol. The third kappa shape index (κ3) is 18.0. The minimum atomic E-state index is -3.09. The Hall–Kier alpha value is 0.0569. The van der Waals surface area contributed by atoms with Crippen LogP contribution in [0.25, 0.3) is 0 Å². The van der Waals surface area contributed by atoms with E-state index in [2.05, 4.69) is 27.7 Å². The molecule has 0 atom stereocenters. The van der Waals surface area contributed by atoms with Gasteiger partial charge >= 0.3 is 8.97 Å². The molecule has 4 nitrogen and oxygen atoms in total. The van der Waals surface area contributed by atoms with Crippen LogP contribution in [0, 0.1) is 5.92 Å². The molecule has 0 aliphatic heterocycles. The zero-order chi connectivity index (χ0) is 24.8. The maximum Gasteiger partial charge on any atom is 0.594 e. The van der Waals surface area contributed by atoms with Crippen LogP contribution < -0.4 is 5.40 Å². The van der Waals surface area contributed by atoms with E-state index in [0.717, 1.165) is 0 Å². The molecule has 33 heavy (non-hydrogen) atoms. The number of nitrogens with two attached hydrogens (primary N) is 1. The summed E-state index contributed by atoms with van der Waals surface area (Å²) in [6.45, 7) is 14.0. The van der Waals surface area contributed by atoms with Gasteiger partial charge in [-0.3, -0.25) is 5.40 Å². The first-order chi connectivity index (χ1) is 15.8. The third-order valence-corrected chi connectivity index (χ3v) is 9.08. The first kappa shape index (κ1) is 33.1. The lowest BCUT2D eigenvalue weighted by Crippen LogP contribution is -2.60. The fraction of sp³-hybridized carbons (Fsp3) is 1.00. The molecule has 0 fully saturated rings. The van der Waals surface area contributed by atoms with Gasteiger partial charge in [0.1, 0.15) is 0 Å². The zero-order valence-corrected chi connectivity index (χ0v) is 24.5. The summed E-state index contributed by atoms with van der Waals surface area (Å²) in [5.41, 5.74) is -0.326. The molecule has 0 aromatic carbocycles. The van der Waals surface area contributed by atoms with Crippen LogP contribution in [0.1, 0.15) is 157 Å². The zero-order valence-electron chi connectivity index (χ0n) is 23.5. The first-order valence-corrected chi connectivity index (χ1v) is 16.4. The van der Waals surface area contributed by atoms with Gasteiger partial charge in [-0.05, 0) is 46.5 Å². The van der Waals surface area contributed by atoms with Crippen molar-refractivity contribution in [3.63, 3.8) is 0 Å². The summed E-state index contributed by atoms with van der Waals surface area (Å²) in [6, 6.07) is 0. The van der Waals surface area contributed by atoms with E-state index in [9.17, 15) is 0 Å². The van der Waals surface area contributed by atoms with E-state index in [1.165, 1.54) is 116 Å². The predicted molar refractivity (Wildman–Crippen MR) is 146 cm³/mol. The van der Waals surface area contributed by atoms with Gasteiger partial charge in [0.25, 0.3) is 0 Å². The molecule has 0 rings (SSSR count). The molecule has 0 saturated carbocycles. The smallest absolute Gasteiger partial charge is 0.361 e. The largest absolute Gasteiger partial charge is 0.594 e. The van der Waals surface area contributed by atoms with E-state index in [-0.39, 0.29) is 5.60 Å². The molecule has 200 valence electrons. The Kier molecular flexibility index (Phi) is 21.4. The lowest BCUT2D eigenvalue weighted by Gasteiger charge is -2.40. The summed E-state index contributed by atoms with van der Waals surface area (Å²) in [7, 11) is -3.09. The molecule has 0 spiro atoms. The maximum absolute atomic E-state index is 6.49. The van der Waals surface area contributed by atoms with Crippen molar-refractivity contribution in [1.82, 2.24) is 0 Å². The summed E-state index contributed by atoms with van der Waals surface area (Å²) in [4.78, 5) is 0. The molecular formula is C28H61NO3Si. The quantitative estimate of drug-likeness (QED) is 0.103. The number of unbranched alkanes of at least 4 members (excludes halogenated alkanes) is 14. The fourth-order valence-corrected chi connectivity index (χ4v) is 6.75. The summed E-state index contributed by atoms with van der Waals surface area (Å²) in [5, 5.41) is 6.48. The second-order valence-electron chi connectivity index (χ2n) is 10.4. The van der Waals surface area contributed by atoms with Crippen molar-refractivity contribution < 1.29 is 13.3 Å². The van der Waals surface area contributed by atoms with Gasteiger partial charge in [0.2, 0.25) is 0 Å². The predicted octanol–water partition coefficient (Wildman–Crippen LogP) is 8.93. The number of rotatable bonds is 25. The Labute approximate surface area is 209 Å². The fourth-order valence-electron chi connectivity index (χ4n) is 4.84. The van der Waals surface area contributed by atoms with Crippen LogP contribution in [0.5, 0.6) is 0 Å². The Morgan fingerprint density at radius 3 is 1.24 bits per heavy atom. The van der Waals surface area contributed by atoms with Gasteiger partial charge in [0.15, 0.2) is 0 Å². The van der Waals surface area contributed by atoms with E-state index in [1.54, 1.807) is 0 Å². The van der Waals surface area contributed by atoms with Gasteiger partial charge in [-0.1, -0.05) is 117 Å². The average molecular weight is 488 g/mol. The third-order valence-electron chi connectivity index (χ3n) is 6.89. The van der Waals surface area contributed by atoms with Gasteiger partial charge in [-0.2, -0.15) is 0 Å². The second-order valence-corrected chi connectivity index (χ2v) is 12.4. The van der Waals surface area contributed by atoms with Crippen molar-refractivity contribution in [2.45, 2.75) is 163 Å². The standard InChI is InChI=1S/C28H61NO3Si/c1-7-11-13-15-17-19-21-23-25-27(26-24-22-20-18-16-14-12-8-2)28(5,6)32-33(29,30-9-3)31-10-4/h27H,7-26,29H2,1-6H3. The molecular weight excluding hydrogens is 426 g/mol. The van der Waals surface area contributed by atoms with Crippen LogP contribution >= 0.6 is 0 Å². The molecule has 0 amide bonds. The van der Waals surface area contributed by atoms with Crippen molar-refractivity contribution in [3.8, 4) is 0 Å². The normalized spacial score (nSPS) is 12.7. The highest BCUT2D eigenvalue weighted by Crippen LogP contribution is 2.33. The average Bonchev–Trinajstić information content (AvgIpc) is 2.75. The molecule has 0 saturated heterocycles. The first-order valence-electron chi connectivity index (χ1n) is 14.6. The number of hydrogen-bond donors (Lipinski definition) is 1. The SMILES string of the molecule is CCCCCCCCCCC(CCCCCCCCCC)C(C)(C)O[Si](N)(OCC)OCC. The molecule has 0 aromatic heterocycles. The molecule has 2 N–H and O–H groups in total. The van der Waals surface area contributed by atoms with Crippen molar-refractivity contribution in [2.24, 2.45) is 11.3 Å². The Balaban J connectivity index is 4.66. The summed E-state index contributed by atoms with van der Waals surface area (Å²) < 4.78 is 18.1. The lowest BCUT2D eigenvalue weighted by molar-refractivity contribution is -0.0473. The lowest BCUT2D eigenvalue weighted by atomic mass is 9.82. The molecule has 0 radical (unpaired) electrons. The van der Waals surface area contributed by atoms with Gasteiger partial charge in [0, 0.05) is 13.2 Å². The maximum atomic E-state index is 6.49. The Bertz CT molecular complexity index is 394. The molecule has 0 heterocycles. The molecule has 0 aliphatic rings. The van der Waals surface area contributed by atoms with Gasteiger partial charge in [0.05, 0.1) is 5.60 Å². The van der Waals surface area contributed by atoms with E-state index in [0.29, 0.717) is 19.1 Å². The topological polar surface area (TPSA) is 53.7 Å². The van der Waals surface area contributed by atoms with E-state index in [4.69, 9.17) is 18.7 Å². The minimum Gasteiger partial charge on any atom is -0.361 e. The highest BCUT2D eigenvalue weighted by molar-refractivity contribution is 6.57. The van der Waals surface area contributed by atoms with E-state index >= 15 is 0 Å². The van der Waals surface area contributed by atoms with Crippen LogP contribution in [-0.4, -0.2) is 27.8 Å². The summed E-state index contributed by atoms with van der Waals surface area (Å²) in [6.07, 6.45) is 24.2. The van der Waals surface area contributed by atoms with Crippen LogP contribution in [0.4, 0.5) is 0 Å².